The van der Waals surface area contributed by atoms with E-state index in [0.29, 0.717) is 0 Å². The van der Waals surface area contributed by atoms with Crippen LogP contribution in [0.4, 0.5) is 5.69 Å². The molecule has 26 heavy (non-hydrogen) atoms. The number of hydrogen-bond donors (Lipinski definition) is 1. The van der Waals surface area contributed by atoms with Crippen LogP contribution in [0.15, 0.2) is 35.7 Å². The van der Waals surface area contributed by atoms with Crippen LogP contribution in [-0.4, -0.2) is 43.3 Å². The normalized spacial score (nSPS) is 17.9. The summed E-state index contributed by atoms with van der Waals surface area (Å²) in [5.74, 6) is 0. The van der Waals surface area contributed by atoms with E-state index >= 15 is 0 Å². The van der Waals surface area contributed by atoms with Gasteiger partial charge in [-0.15, -0.1) is 11.3 Å². The summed E-state index contributed by atoms with van der Waals surface area (Å²) in [5, 5.41) is 10.4. The van der Waals surface area contributed by atoms with Gasteiger partial charge in [0.05, 0.1) is 5.71 Å². The molecule has 0 bridgehead atoms. The quantitative estimate of drug-likeness (QED) is 0.757. The van der Waals surface area contributed by atoms with E-state index in [0.717, 1.165) is 23.6 Å². The van der Waals surface area contributed by atoms with E-state index in [1.165, 1.54) is 75.1 Å². The average Bonchev–Trinajstić information content (AvgIpc) is 3.32. The van der Waals surface area contributed by atoms with Gasteiger partial charge < -0.3 is 15.2 Å². The van der Waals surface area contributed by atoms with Crippen molar-refractivity contribution in [1.29, 1.82) is 5.41 Å². The molecule has 4 heteroatoms. The molecule has 3 nitrogen and oxygen atoms in total. The molecule has 1 N–H and O–H groups in total. The second kappa shape index (κ2) is 8.36. The number of nitrogens with one attached hydrogen (secondary N) is 1. The zero-order valence-corrected chi connectivity index (χ0v) is 16.4. The Morgan fingerprint density at radius 2 is 1.85 bits per heavy atom. The lowest BCUT2D eigenvalue weighted by Crippen LogP contribution is -2.34. The van der Waals surface area contributed by atoms with E-state index in [-0.39, 0.29) is 0 Å². The molecule has 0 atom stereocenters. The monoisotopic (exact) mass is 367 g/mol. The Morgan fingerprint density at radius 1 is 1.00 bits per heavy atom. The van der Waals surface area contributed by atoms with Crippen molar-refractivity contribution in [2.75, 3.05) is 37.6 Å². The molecular weight excluding hydrogens is 338 g/mol. The lowest BCUT2D eigenvalue weighted by atomic mass is 10.0. The maximum Gasteiger partial charge on any atom is 0.0529 e. The predicted molar refractivity (Wildman–Crippen MR) is 112 cm³/mol. The van der Waals surface area contributed by atoms with Gasteiger partial charge in [-0.2, -0.15) is 0 Å². The number of hydrogen-bond acceptors (Lipinski definition) is 4. The first kappa shape index (κ1) is 17.7. The smallest absolute Gasteiger partial charge is 0.0529 e. The molecule has 3 heterocycles. The van der Waals surface area contributed by atoms with Gasteiger partial charge in [0, 0.05) is 36.6 Å². The molecule has 1 aromatic heterocycles. The fourth-order valence-corrected chi connectivity index (χ4v) is 4.91. The molecule has 1 aromatic carbocycles. The van der Waals surface area contributed by atoms with Crippen molar-refractivity contribution in [2.24, 2.45) is 0 Å². The molecule has 0 amide bonds. The highest BCUT2D eigenvalue weighted by atomic mass is 32.1. The zero-order valence-electron chi connectivity index (χ0n) is 15.5. The molecule has 138 valence electrons. The van der Waals surface area contributed by atoms with Crippen molar-refractivity contribution in [3.8, 4) is 0 Å². The van der Waals surface area contributed by atoms with Crippen molar-refractivity contribution in [3.05, 3.63) is 51.7 Å². The van der Waals surface area contributed by atoms with Crippen LogP contribution in [0, 0.1) is 5.41 Å². The van der Waals surface area contributed by atoms with Crippen LogP contribution in [0.5, 0.6) is 0 Å². The summed E-state index contributed by atoms with van der Waals surface area (Å²) in [7, 11) is 0. The second-order valence-corrected chi connectivity index (χ2v) is 8.54. The Kier molecular flexibility index (Phi) is 5.71. The Labute approximate surface area is 161 Å². The summed E-state index contributed by atoms with van der Waals surface area (Å²) >= 11 is 1.66. The number of anilines is 1. The Balaban J connectivity index is 1.46. The van der Waals surface area contributed by atoms with E-state index < -0.39 is 0 Å². The summed E-state index contributed by atoms with van der Waals surface area (Å²) in [4.78, 5) is 6.31. The molecule has 0 spiro atoms. The summed E-state index contributed by atoms with van der Waals surface area (Å²) in [5.41, 5.74) is 4.94. The third kappa shape index (κ3) is 4.18. The molecule has 0 radical (unpaired) electrons. The second-order valence-electron chi connectivity index (χ2n) is 7.59. The maximum atomic E-state index is 8.36. The molecule has 2 aliphatic rings. The number of likely N-dealkylation sites (tertiary alicyclic amines) is 1. The average molecular weight is 368 g/mol. The molecule has 2 aromatic rings. The molecule has 2 aliphatic heterocycles. The number of nitrogens with zero attached hydrogens (tertiary/aromatic N) is 2. The highest BCUT2D eigenvalue weighted by molar-refractivity contribution is 7.12. The van der Waals surface area contributed by atoms with Crippen LogP contribution in [0.3, 0.4) is 0 Å². The van der Waals surface area contributed by atoms with Gasteiger partial charge in [-0.25, -0.2) is 0 Å². The lowest BCUT2D eigenvalue weighted by molar-refractivity contribution is 0.344. The molecule has 1 fully saturated rings. The van der Waals surface area contributed by atoms with Gasteiger partial charge in [0.2, 0.25) is 0 Å². The number of rotatable bonds is 6. The maximum absolute atomic E-state index is 8.36. The van der Waals surface area contributed by atoms with Gasteiger partial charge in [0.25, 0.3) is 0 Å². The van der Waals surface area contributed by atoms with E-state index in [9.17, 15) is 0 Å². The first-order valence-corrected chi connectivity index (χ1v) is 10.9. The van der Waals surface area contributed by atoms with E-state index in [1.54, 1.807) is 11.3 Å². The topological polar surface area (TPSA) is 30.3 Å². The molecule has 4 rings (SSSR count). The summed E-state index contributed by atoms with van der Waals surface area (Å²) < 4.78 is 0. The minimum Gasteiger partial charge on any atom is -0.370 e. The van der Waals surface area contributed by atoms with Crippen molar-refractivity contribution in [1.82, 2.24) is 4.90 Å². The number of benzene rings is 1. The Bertz CT molecular complexity index is 732. The third-order valence-electron chi connectivity index (χ3n) is 5.69. The van der Waals surface area contributed by atoms with E-state index in [4.69, 9.17) is 5.41 Å². The lowest BCUT2D eigenvalue weighted by Gasteiger charge is -2.27. The summed E-state index contributed by atoms with van der Waals surface area (Å²) in [6.45, 7) is 6.10. The standard InChI is InChI=1S/C22H29N3S/c23-20(22-7-5-15-26-22)17-18-8-9-21-19(16-18)6-1-2-12-25(21)14-13-24-10-3-4-11-24/h5,7-9,15-16,23H,1-4,6,10-14,17H2. The molecular formula is C22H29N3S. The van der Waals surface area contributed by atoms with Crippen LogP contribution in [0.25, 0.3) is 0 Å². The fraction of sp³-hybridized carbons (Fsp3) is 0.500. The van der Waals surface area contributed by atoms with Crippen LogP contribution in [0.2, 0.25) is 0 Å². The van der Waals surface area contributed by atoms with Gasteiger partial charge >= 0.3 is 0 Å². The minimum atomic E-state index is 0.736. The third-order valence-corrected chi connectivity index (χ3v) is 6.62. The van der Waals surface area contributed by atoms with E-state index in [2.05, 4.69) is 39.4 Å². The van der Waals surface area contributed by atoms with Gasteiger partial charge in [0.1, 0.15) is 0 Å². The SMILES string of the molecule is N=C(Cc1ccc2c(c1)CCCCN2CCN1CCCC1)c1cccs1. The number of fused-ring (bicyclic) bond motifs is 1. The van der Waals surface area contributed by atoms with Crippen molar-refractivity contribution in [2.45, 2.75) is 38.5 Å². The highest BCUT2D eigenvalue weighted by Gasteiger charge is 2.18. The first-order chi connectivity index (χ1) is 12.8. The van der Waals surface area contributed by atoms with Gasteiger partial charge in [0.15, 0.2) is 0 Å². The van der Waals surface area contributed by atoms with Gasteiger partial charge in [-0.05, 0) is 73.8 Å². The number of aryl methyl sites for hydroxylation is 1. The van der Waals surface area contributed by atoms with Crippen molar-refractivity contribution in [3.63, 3.8) is 0 Å². The fourth-order valence-electron chi connectivity index (χ4n) is 4.24. The summed E-state index contributed by atoms with van der Waals surface area (Å²) in [6, 6.07) is 11.0. The molecule has 1 saturated heterocycles. The van der Waals surface area contributed by atoms with Crippen LogP contribution < -0.4 is 4.90 Å². The van der Waals surface area contributed by atoms with Gasteiger partial charge in [-0.3, -0.25) is 0 Å². The largest absolute Gasteiger partial charge is 0.370 e. The van der Waals surface area contributed by atoms with E-state index in [1.807, 2.05) is 6.07 Å². The van der Waals surface area contributed by atoms with Gasteiger partial charge in [-0.1, -0.05) is 18.2 Å². The Morgan fingerprint density at radius 3 is 2.65 bits per heavy atom. The first-order valence-electron chi connectivity index (χ1n) is 10.00. The minimum absolute atomic E-state index is 0.736. The highest BCUT2D eigenvalue weighted by Crippen LogP contribution is 2.28. The predicted octanol–water partition coefficient (Wildman–Crippen LogP) is 4.60. The Hall–Kier alpha value is -1.65. The molecule has 0 saturated carbocycles. The molecule has 0 aliphatic carbocycles. The summed E-state index contributed by atoms with van der Waals surface area (Å²) in [6.07, 6.45) is 7.22. The van der Waals surface area contributed by atoms with Crippen molar-refractivity contribution >= 4 is 22.7 Å². The van der Waals surface area contributed by atoms with Crippen LogP contribution in [0.1, 0.15) is 41.7 Å². The van der Waals surface area contributed by atoms with Crippen LogP contribution >= 0.6 is 11.3 Å². The number of thiophene rings is 1. The zero-order chi connectivity index (χ0) is 17.8. The van der Waals surface area contributed by atoms with Crippen LogP contribution in [-0.2, 0) is 12.8 Å². The molecule has 0 unspecified atom stereocenters. The van der Waals surface area contributed by atoms with Crippen molar-refractivity contribution < 1.29 is 0 Å².